The van der Waals surface area contributed by atoms with Crippen LogP contribution in [0.15, 0.2) is 30.2 Å². The summed E-state index contributed by atoms with van der Waals surface area (Å²) in [7, 11) is -3.65. The van der Waals surface area contributed by atoms with E-state index in [9.17, 15) is 4.39 Å². The maximum absolute atomic E-state index is 12.6. The molecule has 0 radical (unpaired) electrons. The normalized spacial score (nSPS) is 11.4. The van der Waals surface area contributed by atoms with Gasteiger partial charge >= 0.3 is 14.2 Å². The Balaban J connectivity index is 3.05. The summed E-state index contributed by atoms with van der Waals surface area (Å²) in [5.74, 6) is 0.396. The molecule has 15 heavy (non-hydrogen) atoms. The van der Waals surface area contributed by atoms with Crippen LogP contribution in [-0.4, -0.2) is 34.3 Å². The molecule has 0 saturated heterocycles. The van der Waals surface area contributed by atoms with Crippen LogP contribution in [0.25, 0.3) is 5.47 Å². The lowest BCUT2D eigenvalue weighted by Crippen LogP contribution is -2.18. The molecule has 1 rings (SSSR count). The second kappa shape index (κ2) is 5.09. The highest BCUT2D eigenvalue weighted by Gasteiger charge is 2.19. The quantitative estimate of drug-likeness (QED) is 0.493. The van der Waals surface area contributed by atoms with Gasteiger partial charge in [0.05, 0.1) is 0 Å². The van der Waals surface area contributed by atoms with E-state index in [1.54, 1.807) is 0 Å². The summed E-state index contributed by atoms with van der Waals surface area (Å²) < 4.78 is 12.6. The van der Waals surface area contributed by atoms with Crippen LogP contribution in [0.4, 0.5) is 4.39 Å². The molecular formula is C8H9B2FO4. The first-order valence-electron chi connectivity index (χ1n) is 4.20. The Bertz CT molecular complexity index is 350. The van der Waals surface area contributed by atoms with Crippen LogP contribution >= 0.6 is 0 Å². The number of rotatable bonds is 3. The molecule has 0 heterocycles. The molecule has 78 valence electrons. The lowest BCUT2D eigenvalue weighted by molar-refractivity contribution is 0.419. The van der Waals surface area contributed by atoms with Gasteiger partial charge in [-0.2, -0.15) is 0 Å². The van der Waals surface area contributed by atoms with Crippen LogP contribution in [0.2, 0.25) is 0 Å². The lowest BCUT2D eigenvalue weighted by atomic mass is 9.69. The van der Waals surface area contributed by atoms with E-state index in [4.69, 9.17) is 20.1 Å². The molecule has 0 fully saturated rings. The molecule has 4 N–H and O–H groups in total. The van der Waals surface area contributed by atoms with Crippen LogP contribution in [-0.2, 0) is 0 Å². The zero-order valence-electron chi connectivity index (χ0n) is 7.71. The fourth-order valence-electron chi connectivity index (χ4n) is 1.13. The molecular weight excluding hydrogens is 201 g/mol. The second-order valence-corrected chi connectivity index (χ2v) is 2.92. The average Bonchev–Trinajstić information content (AvgIpc) is 2.15. The largest absolute Gasteiger partial charge is 0.488 e. The van der Waals surface area contributed by atoms with Crippen molar-refractivity contribution < 1.29 is 24.5 Å². The predicted octanol–water partition coefficient (Wildman–Crippen LogP) is -0.767. The minimum atomic E-state index is -1.85. The summed E-state index contributed by atoms with van der Waals surface area (Å²) in [5.41, 5.74) is 0.213. The molecule has 0 bridgehead atoms. The van der Waals surface area contributed by atoms with Crippen LogP contribution in [0, 0.1) is 5.82 Å². The van der Waals surface area contributed by atoms with Crippen molar-refractivity contribution in [1.29, 1.82) is 0 Å². The summed E-state index contributed by atoms with van der Waals surface area (Å²) in [6, 6.07) is 4.89. The van der Waals surface area contributed by atoms with E-state index >= 15 is 0 Å². The predicted molar refractivity (Wildman–Crippen MR) is 54.8 cm³/mol. The molecule has 0 aliphatic rings. The monoisotopic (exact) mass is 210 g/mol. The summed E-state index contributed by atoms with van der Waals surface area (Å²) in [5, 5.41) is 35.3. The van der Waals surface area contributed by atoms with E-state index in [1.807, 2.05) is 0 Å². The van der Waals surface area contributed by atoms with Crippen molar-refractivity contribution in [2.45, 2.75) is 0 Å². The smallest absolute Gasteiger partial charge is 0.424 e. The Hall–Kier alpha value is -1.14. The summed E-state index contributed by atoms with van der Waals surface area (Å²) in [6.07, 6.45) is 0. The molecule has 0 amide bonds. The average molecular weight is 210 g/mol. The van der Waals surface area contributed by atoms with Crippen LogP contribution in [0.1, 0.15) is 5.56 Å². The van der Waals surface area contributed by atoms with Gasteiger partial charge in [-0.25, -0.2) is 4.39 Å². The Labute approximate surface area is 86.6 Å². The van der Waals surface area contributed by atoms with Crippen molar-refractivity contribution in [2.24, 2.45) is 0 Å². The van der Waals surface area contributed by atoms with Gasteiger partial charge in [0, 0.05) is 0 Å². The molecule has 0 spiro atoms. The number of hydrogen-bond acceptors (Lipinski definition) is 4. The van der Waals surface area contributed by atoms with E-state index in [1.165, 1.54) is 12.1 Å². The highest BCUT2D eigenvalue weighted by molar-refractivity contribution is 6.69. The molecule has 0 unspecified atom stereocenters. The minimum Gasteiger partial charge on any atom is -0.424 e. The molecule has 0 saturated carbocycles. The van der Waals surface area contributed by atoms with Crippen molar-refractivity contribution in [2.75, 3.05) is 0 Å². The molecule has 1 aromatic rings. The fourth-order valence-corrected chi connectivity index (χ4v) is 1.13. The van der Waals surface area contributed by atoms with Gasteiger partial charge in [0.2, 0.25) is 0 Å². The standard InChI is InChI=1S/C8H9B2FO4/c11-7-3-1-6(2-4-7)8(10(14)15)5-9(12)13/h1-5,12-15H/b8-5-. The zero-order chi connectivity index (χ0) is 11.4. The highest BCUT2D eigenvalue weighted by atomic mass is 19.1. The Morgan fingerprint density at radius 2 is 1.60 bits per heavy atom. The number of benzene rings is 1. The van der Waals surface area contributed by atoms with Gasteiger partial charge in [-0.1, -0.05) is 18.1 Å². The molecule has 0 aliphatic heterocycles. The van der Waals surface area contributed by atoms with Gasteiger partial charge in [0.25, 0.3) is 0 Å². The minimum absolute atomic E-state index is 0.0926. The topological polar surface area (TPSA) is 80.9 Å². The maximum Gasteiger partial charge on any atom is 0.488 e. The highest BCUT2D eigenvalue weighted by Crippen LogP contribution is 2.16. The molecule has 0 atom stereocenters. The summed E-state index contributed by atoms with van der Waals surface area (Å²) in [4.78, 5) is 0. The van der Waals surface area contributed by atoms with Crippen molar-refractivity contribution >= 4 is 19.7 Å². The van der Waals surface area contributed by atoms with Gasteiger partial charge < -0.3 is 20.1 Å². The first kappa shape index (κ1) is 11.9. The van der Waals surface area contributed by atoms with Gasteiger partial charge in [-0.3, -0.25) is 0 Å². The van der Waals surface area contributed by atoms with Crippen molar-refractivity contribution in [1.82, 2.24) is 0 Å². The molecule has 0 aromatic heterocycles. The van der Waals surface area contributed by atoms with Gasteiger partial charge in [0.15, 0.2) is 0 Å². The maximum atomic E-state index is 12.6. The molecule has 0 aliphatic carbocycles. The van der Waals surface area contributed by atoms with E-state index in [0.29, 0.717) is 5.56 Å². The van der Waals surface area contributed by atoms with Crippen LogP contribution in [0.3, 0.4) is 0 Å². The third-order valence-electron chi connectivity index (χ3n) is 1.78. The van der Waals surface area contributed by atoms with Crippen molar-refractivity contribution in [3.05, 3.63) is 41.6 Å². The van der Waals surface area contributed by atoms with Gasteiger partial charge in [-0.15, -0.1) is 0 Å². The number of halogens is 1. The van der Waals surface area contributed by atoms with Crippen molar-refractivity contribution in [3.63, 3.8) is 0 Å². The van der Waals surface area contributed by atoms with E-state index in [-0.39, 0.29) is 5.47 Å². The second-order valence-electron chi connectivity index (χ2n) is 2.92. The lowest BCUT2D eigenvalue weighted by Gasteiger charge is -2.06. The van der Waals surface area contributed by atoms with E-state index in [0.717, 1.165) is 18.1 Å². The third-order valence-corrected chi connectivity index (χ3v) is 1.78. The number of hydrogen-bond donors (Lipinski definition) is 4. The molecule has 7 heteroatoms. The van der Waals surface area contributed by atoms with E-state index in [2.05, 4.69) is 0 Å². The third kappa shape index (κ3) is 3.49. The molecule has 1 aromatic carbocycles. The summed E-state index contributed by atoms with van der Waals surface area (Å²) >= 11 is 0. The van der Waals surface area contributed by atoms with E-state index < -0.39 is 20.1 Å². The molecule has 4 nitrogen and oxygen atoms in total. The SMILES string of the molecule is OB(O)/C=C(\B(O)O)c1ccc(F)cc1. The van der Waals surface area contributed by atoms with Crippen molar-refractivity contribution in [3.8, 4) is 0 Å². The van der Waals surface area contributed by atoms with Gasteiger partial charge in [-0.05, 0) is 23.2 Å². The fraction of sp³-hybridized carbons (Fsp3) is 0. The summed E-state index contributed by atoms with van der Waals surface area (Å²) in [6.45, 7) is 0. The zero-order valence-corrected chi connectivity index (χ0v) is 7.71. The Morgan fingerprint density at radius 3 is 2.00 bits per heavy atom. The Kier molecular flexibility index (Phi) is 4.05. The van der Waals surface area contributed by atoms with Crippen LogP contribution < -0.4 is 0 Å². The first-order chi connectivity index (χ1) is 7.00. The Morgan fingerprint density at radius 1 is 1.07 bits per heavy atom. The van der Waals surface area contributed by atoms with Crippen LogP contribution in [0.5, 0.6) is 0 Å². The van der Waals surface area contributed by atoms with Gasteiger partial charge in [0.1, 0.15) is 5.82 Å². The first-order valence-corrected chi connectivity index (χ1v) is 4.20.